The van der Waals surface area contributed by atoms with Gasteiger partial charge in [0.2, 0.25) is 0 Å². The molecular weight excluding hydrogens is 242 g/mol. The van der Waals surface area contributed by atoms with E-state index in [9.17, 15) is 0 Å². The number of rotatable bonds is 5. The molecule has 2 aromatic heterocycles. The van der Waals surface area contributed by atoms with Crippen LogP contribution in [0.15, 0.2) is 24.7 Å². The summed E-state index contributed by atoms with van der Waals surface area (Å²) < 4.78 is 0. The SMILES string of the molecule is Cc1cnccc1-c1ncc(CNCC(C)C)s1. The second kappa shape index (κ2) is 6.07. The Morgan fingerprint density at radius 1 is 1.33 bits per heavy atom. The van der Waals surface area contributed by atoms with E-state index in [1.54, 1.807) is 11.3 Å². The van der Waals surface area contributed by atoms with Crippen LogP contribution in [0.4, 0.5) is 0 Å². The van der Waals surface area contributed by atoms with Crippen molar-refractivity contribution < 1.29 is 0 Å². The zero-order valence-corrected chi connectivity index (χ0v) is 11.9. The molecule has 0 spiro atoms. The molecule has 96 valence electrons. The highest BCUT2D eigenvalue weighted by Gasteiger charge is 2.07. The van der Waals surface area contributed by atoms with E-state index in [1.807, 2.05) is 24.7 Å². The fourth-order valence-electron chi connectivity index (χ4n) is 1.71. The molecule has 0 amide bonds. The molecule has 1 N–H and O–H groups in total. The lowest BCUT2D eigenvalue weighted by Crippen LogP contribution is -2.18. The topological polar surface area (TPSA) is 37.8 Å². The van der Waals surface area contributed by atoms with Crippen molar-refractivity contribution in [3.63, 3.8) is 0 Å². The van der Waals surface area contributed by atoms with Gasteiger partial charge in [-0.25, -0.2) is 4.98 Å². The van der Waals surface area contributed by atoms with Gasteiger partial charge in [-0.15, -0.1) is 11.3 Å². The maximum Gasteiger partial charge on any atom is 0.123 e. The summed E-state index contributed by atoms with van der Waals surface area (Å²) in [5.41, 5.74) is 2.36. The Hall–Kier alpha value is -1.26. The highest BCUT2D eigenvalue weighted by molar-refractivity contribution is 7.15. The molecule has 3 nitrogen and oxygen atoms in total. The molecule has 0 saturated carbocycles. The number of nitrogens with one attached hydrogen (secondary N) is 1. The first-order valence-corrected chi connectivity index (χ1v) is 7.05. The van der Waals surface area contributed by atoms with Gasteiger partial charge < -0.3 is 5.32 Å². The Bertz CT molecular complexity index is 505. The molecule has 2 rings (SSSR count). The van der Waals surface area contributed by atoms with Gasteiger partial charge in [0.15, 0.2) is 0 Å². The lowest BCUT2D eigenvalue weighted by molar-refractivity contribution is 0.554. The van der Waals surface area contributed by atoms with E-state index in [0.29, 0.717) is 5.92 Å². The summed E-state index contributed by atoms with van der Waals surface area (Å²) in [5.74, 6) is 0.680. The van der Waals surface area contributed by atoms with E-state index >= 15 is 0 Å². The van der Waals surface area contributed by atoms with Crippen LogP contribution in [0, 0.1) is 12.8 Å². The number of hydrogen-bond donors (Lipinski definition) is 1. The maximum atomic E-state index is 4.50. The van der Waals surface area contributed by atoms with Crippen molar-refractivity contribution in [3.05, 3.63) is 35.1 Å². The smallest absolute Gasteiger partial charge is 0.123 e. The summed E-state index contributed by atoms with van der Waals surface area (Å²) in [6, 6.07) is 2.03. The van der Waals surface area contributed by atoms with Crippen LogP contribution in [0.2, 0.25) is 0 Å². The predicted octanol–water partition coefficient (Wildman–Crippen LogP) is 3.26. The van der Waals surface area contributed by atoms with E-state index < -0.39 is 0 Å². The number of thiazole rings is 1. The Labute approximate surface area is 112 Å². The second-order valence-corrected chi connectivity index (χ2v) is 5.96. The Kier molecular flexibility index (Phi) is 4.44. The monoisotopic (exact) mass is 261 g/mol. The molecule has 0 aliphatic carbocycles. The first-order chi connectivity index (χ1) is 8.66. The largest absolute Gasteiger partial charge is 0.312 e. The normalized spacial score (nSPS) is 11.1. The van der Waals surface area contributed by atoms with E-state index in [1.165, 1.54) is 16.0 Å². The molecule has 0 aliphatic rings. The Morgan fingerprint density at radius 3 is 2.89 bits per heavy atom. The molecule has 0 aliphatic heterocycles. The van der Waals surface area contributed by atoms with Crippen molar-refractivity contribution in [1.82, 2.24) is 15.3 Å². The van der Waals surface area contributed by atoms with Gasteiger partial charge in [-0.3, -0.25) is 4.98 Å². The van der Waals surface area contributed by atoms with Crippen LogP contribution in [0.25, 0.3) is 10.6 Å². The summed E-state index contributed by atoms with van der Waals surface area (Å²) in [6.07, 6.45) is 5.67. The molecule has 0 aromatic carbocycles. The average Bonchev–Trinajstić information content (AvgIpc) is 2.78. The maximum absolute atomic E-state index is 4.50. The van der Waals surface area contributed by atoms with Gasteiger partial charge in [0.25, 0.3) is 0 Å². The number of pyridine rings is 1. The van der Waals surface area contributed by atoms with Gasteiger partial charge >= 0.3 is 0 Å². The second-order valence-electron chi connectivity index (χ2n) is 4.85. The fraction of sp³-hybridized carbons (Fsp3) is 0.429. The van der Waals surface area contributed by atoms with E-state index in [2.05, 4.69) is 36.1 Å². The molecule has 0 atom stereocenters. The van der Waals surface area contributed by atoms with Crippen LogP contribution >= 0.6 is 11.3 Å². The fourth-order valence-corrected chi connectivity index (χ4v) is 2.68. The quantitative estimate of drug-likeness (QED) is 0.897. The summed E-state index contributed by atoms with van der Waals surface area (Å²) in [4.78, 5) is 9.89. The average molecular weight is 261 g/mol. The highest BCUT2D eigenvalue weighted by Crippen LogP contribution is 2.27. The zero-order chi connectivity index (χ0) is 13.0. The van der Waals surface area contributed by atoms with Crippen LogP contribution in [0.5, 0.6) is 0 Å². The van der Waals surface area contributed by atoms with Crippen molar-refractivity contribution in [2.24, 2.45) is 5.92 Å². The van der Waals surface area contributed by atoms with Crippen LogP contribution in [-0.2, 0) is 6.54 Å². The van der Waals surface area contributed by atoms with Gasteiger partial charge in [0.05, 0.1) is 0 Å². The molecule has 0 bridgehead atoms. The van der Waals surface area contributed by atoms with Crippen LogP contribution in [-0.4, -0.2) is 16.5 Å². The van der Waals surface area contributed by atoms with Gasteiger partial charge in [-0.1, -0.05) is 13.8 Å². The number of aromatic nitrogens is 2. The van der Waals surface area contributed by atoms with Crippen molar-refractivity contribution in [2.75, 3.05) is 6.54 Å². The van der Waals surface area contributed by atoms with E-state index in [4.69, 9.17) is 0 Å². The van der Waals surface area contributed by atoms with Crippen molar-refractivity contribution in [3.8, 4) is 10.6 Å². The standard InChI is InChI=1S/C14H19N3S/c1-10(2)6-16-8-12-9-17-14(18-12)13-4-5-15-7-11(13)3/h4-5,7,9-10,16H,6,8H2,1-3H3. The molecule has 18 heavy (non-hydrogen) atoms. The lowest BCUT2D eigenvalue weighted by atomic mass is 10.2. The third kappa shape index (κ3) is 3.37. The molecule has 0 unspecified atom stereocenters. The van der Waals surface area contributed by atoms with Crippen molar-refractivity contribution in [2.45, 2.75) is 27.3 Å². The van der Waals surface area contributed by atoms with Gasteiger partial charge in [-0.05, 0) is 31.0 Å². The summed E-state index contributed by atoms with van der Waals surface area (Å²) >= 11 is 1.75. The molecule has 0 saturated heterocycles. The predicted molar refractivity (Wildman–Crippen MR) is 76.6 cm³/mol. The number of hydrogen-bond acceptors (Lipinski definition) is 4. The van der Waals surface area contributed by atoms with Crippen LogP contribution < -0.4 is 5.32 Å². The first-order valence-electron chi connectivity index (χ1n) is 6.23. The van der Waals surface area contributed by atoms with Crippen LogP contribution in [0.3, 0.4) is 0 Å². The summed E-state index contributed by atoms with van der Waals surface area (Å²) in [7, 11) is 0. The molecule has 2 heterocycles. The molecule has 2 aromatic rings. The number of aryl methyl sites for hydroxylation is 1. The number of nitrogens with zero attached hydrogens (tertiary/aromatic N) is 2. The van der Waals surface area contributed by atoms with E-state index in [-0.39, 0.29) is 0 Å². The minimum atomic E-state index is 0.680. The van der Waals surface area contributed by atoms with Crippen molar-refractivity contribution in [1.29, 1.82) is 0 Å². The lowest BCUT2D eigenvalue weighted by Gasteiger charge is -2.04. The third-order valence-corrected chi connectivity index (χ3v) is 3.69. The summed E-state index contributed by atoms with van der Waals surface area (Å²) in [5, 5.41) is 4.52. The molecule has 4 heteroatoms. The van der Waals surface area contributed by atoms with Gasteiger partial charge in [0.1, 0.15) is 5.01 Å². The molecule has 0 fully saturated rings. The van der Waals surface area contributed by atoms with Gasteiger partial charge in [-0.2, -0.15) is 0 Å². The first kappa shape index (κ1) is 13.2. The zero-order valence-electron chi connectivity index (χ0n) is 11.1. The highest BCUT2D eigenvalue weighted by atomic mass is 32.1. The van der Waals surface area contributed by atoms with Crippen LogP contribution in [0.1, 0.15) is 24.3 Å². The third-order valence-electron chi connectivity index (χ3n) is 2.66. The summed E-state index contributed by atoms with van der Waals surface area (Å²) in [6.45, 7) is 8.44. The van der Waals surface area contributed by atoms with E-state index in [0.717, 1.165) is 18.1 Å². The molecule has 0 radical (unpaired) electrons. The van der Waals surface area contributed by atoms with Crippen molar-refractivity contribution >= 4 is 11.3 Å². The molecular formula is C14H19N3S. The van der Waals surface area contributed by atoms with Gasteiger partial charge in [0, 0.05) is 35.6 Å². The Morgan fingerprint density at radius 2 is 2.17 bits per heavy atom. The Balaban J connectivity index is 2.04. The minimum absolute atomic E-state index is 0.680. The minimum Gasteiger partial charge on any atom is -0.312 e.